The highest BCUT2D eigenvalue weighted by Crippen LogP contribution is 2.24. The molecule has 0 saturated carbocycles. The molecule has 122 valence electrons. The number of fused-ring (bicyclic) bond motifs is 1. The van der Waals surface area contributed by atoms with Gasteiger partial charge in [0.1, 0.15) is 5.82 Å². The van der Waals surface area contributed by atoms with Gasteiger partial charge in [0.05, 0.1) is 16.8 Å². The van der Waals surface area contributed by atoms with Crippen LogP contribution in [0.15, 0.2) is 53.6 Å². The minimum Gasteiger partial charge on any atom is -0.384 e. The van der Waals surface area contributed by atoms with E-state index < -0.39 is 17.4 Å². The van der Waals surface area contributed by atoms with Gasteiger partial charge >= 0.3 is 0 Å². The second kappa shape index (κ2) is 5.38. The number of aromatic nitrogens is 3. The first kappa shape index (κ1) is 14.8. The number of rotatable bonds is 2. The number of imide groups is 1. The van der Waals surface area contributed by atoms with Gasteiger partial charge in [-0.15, -0.1) is 0 Å². The van der Waals surface area contributed by atoms with Crippen molar-refractivity contribution in [2.75, 3.05) is 5.73 Å². The van der Waals surface area contributed by atoms with Crippen LogP contribution in [0.2, 0.25) is 0 Å². The van der Waals surface area contributed by atoms with E-state index >= 15 is 0 Å². The zero-order valence-corrected chi connectivity index (χ0v) is 12.8. The van der Waals surface area contributed by atoms with Gasteiger partial charge < -0.3 is 5.73 Å². The molecule has 25 heavy (non-hydrogen) atoms. The van der Waals surface area contributed by atoms with Crippen LogP contribution < -0.4 is 16.6 Å². The molecule has 0 bridgehead atoms. The summed E-state index contributed by atoms with van der Waals surface area (Å²) in [6.07, 6.45) is 3.22. The maximum absolute atomic E-state index is 12.5. The van der Waals surface area contributed by atoms with Gasteiger partial charge in [0.25, 0.3) is 17.4 Å². The van der Waals surface area contributed by atoms with Gasteiger partial charge in [0.15, 0.2) is 5.82 Å². The number of amides is 2. The number of pyridine rings is 1. The topological polar surface area (TPSA) is 120 Å². The summed E-state index contributed by atoms with van der Waals surface area (Å²) in [5.41, 5.74) is 6.65. The van der Waals surface area contributed by atoms with Gasteiger partial charge in [0.2, 0.25) is 0 Å². The number of nitrogens with one attached hydrogen (secondary N) is 1. The number of nitrogens with two attached hydrogens (primary N) is 1. The Balaban J connectivity index is 1.93. The number of anilines is 1. The third kappa shape index (κ3) is 2.27. The highest BCUT2D eigenvalue weighted by Gasteiger charge is 2.31. The molecule has 1 aromatic carbocycles. The van der Waals surface area contributed by atoms with Crippen LogP contribution in [0.25, 0.3) is 17.1 Å². The Kier molecular flexibility index (Phi) is 3.17. The standard InChI is InChI=1S/C17H11N5O3/c18-14-13-11(16(24)21-17(13)25)8-12(23)22(14)10-4-1-3-9(7-10)15-19-5-2-6-20-15/h1-8H,18H2,(H,21,24,25). The van der Waals surface area contributed by atoms with Crippen molar-refractivity contribution < 1.29 is 9.59 Å². The fraction of sp³-hybridized carbons (Fsp3) is 0. The molecule has 3 N–H and O–H groups in total. The first-order chi connectivity index (χ1) is 12.1. The third-order valence-corrected chi connectivity index (χ3v) is 3.88. The van der Waals surface area contributed by atoms with Crippen molar-refractivity contribution in [3.05, 3.63) is 70.3 Å². The maximum atomic E-state index is 12.5. The molecule has 0 unspecified atom stereocenters. The van der Waals surface area contributed by atoms with Crippen LogP contribution in [0.1, 0.15) is 20.7 Å². The average Bonchev–Trinajstić information content (AvgIpc) is 2.90. The number of hydrogen-bond acceptors (Lipinski definition) is 6. The smallest absolute Gasteiger partial charge is 0.262 e. The van der Waals surface area contributed by atoms with Crippen molar-refractivity contribution in [3.63, 3.8) is 0 Å². The molecule has 0 radical (unpaired) electrons. The first-order valence-electron chi connectivity index (χ1n) is 7.35. The third-order valence-electron chi connectivity index (χ3n) is 3.88. The van der Waals surface area contributed by atoms with E-state index in [4.69, 9.17) is 5.73 Å². The quantitative estimate of drug-likeness (QED) is 0.668. The van der Waals surface area contributed by atoms with Crippen LogP contribution in [-0.2, 0) is 0 Å². The number of carbonyl (C=O) groups excluding carboxylic acids is 2. The van der Waals surface area contributed by atoms with E-state index in [1.807, 2.05) is 0 Å². The van der Waals surface area contributed by atoms with E-state index in [0.717, 1.165) is 6.07 Å². The van der Waals surface area contributed by atoms with Crippen molar-refractivity contribution in [2.45, 2.75) is 0 Å². The normalized spacial score (nSPS) is 12.8. The van der Waals surface area contributed by atoms with Crippen LogP contribution >= 0.6 is 0 Å². The summed E-state index contributed by atoms with van der Waals surface area (Å²) in [6, 6.07) is 9.69. The van der Waals surface area contributed by atoms with E-state index in [-0.39, 0.29) is 16.9 Å². The Labute approximate surface area is 141 Å². The van der Waals surface area contributed by atoms with Gasteiger partial charge in [-0.2, -0.15) is 0 Å². The zero-order chi connectivity index (χ0) is 17.6. The molecule has 0 saturated heterocycles. The summed E-state index contributed by atoms with van der Waals surface area (Å²) >= 11 is 0. The molecule has 8 nitrogen and oxygen atoms in total. The Hall–Kier alpha value is -3.81. The van der Waals surface area contributed by atoms with Gasteiger partial charge in [-0.1, -0.05) is 12.1 Å². The van der Waals surface area contributed by atoms with Crippen molar-refractivity contribution in [1.29, 1.82) is 0 Å². The van der Waals surface area contributed by atoms with Crippen LogP contribution in [-0.4, -0.2) is 26.3 Å². The summed E-state index contributed by atoms with van der Waals surface area (Å²) in [7, 11) is 0. The Bertz CT molecular complexity index is 1090. The number of benzene rings is 1. The summed E-state index contributed by atoms with van der Waals surface area (Å²) in [5.74, 6) is -0.835. The Morgan fingerprint density at radius 3 is 2.48 bits per heavy atom. The van der Waals surface area contributed by atoms with Crippen molar-refractivity contribution in [1.82, 2.24) is 19.9 Å². The predicted molar refractivity (Wildman–Crippen MR) is 89.3 cm³/mol. The van der Waals surface area contributed by atoms with Crippen LogP contribution in [0, 0.1) is 0 Å². The molecule has 4 rings (SSSR count). The number of nitrogen functional groups attached to an aromatic ring is 1. The Morgan fingerprint density at radius 2 is 1.72 bits per heavy atom. The molecule has 8 heteroatoms. The summed E-state index contributed by atoms with van der Waals surface area (Å²) in [4.78, 5) is 44.4. The number of carbonyl (C=O) groups is 2. The minimum atomic E-state index is -0.623. The lowest BCUT2D eigenvalue weighted by molar-refractivity contribution is 0.0880. The van der Waals surface area contributed by atoms with Crippen molar-refractivity contribution in [2.24, 2.45) is 0 Å². The summed E-state index contributed by atoms with van der Waals surface area (Å²) in [6.45, 7) is 0. The van der Waals surface area contributed by atoms with E-state index in [1.165, 1.54) is 4.57 Å². The Morgan fingerprint density at radius 1 is 0.960 bits per heavy atom. The molecule has 3 heterocycles. The molecule has 3 aromatic rings. The maximum Gasteiger partial charge on any atom is 0.262 e. The van der Waals surface area contributed by atoms with E-state index in [9.17, 15) is 14.4 Å². The van der Waals surface area contributed by atoms with Gasteiger partial charge in [-0.05, 0) is 18.2 Å². The first-order valence-corrected chi connectivity index (χ1v) is 7.35. The summed E-state index contributed by atoms with van der Waals surface area (Å²) in [5, 5.41) is 2.14. The van der Waals surface area contributed by atoms with Gasteiger partial charge in [0, 0.05) is 24.0 Å². The lowest BCUT2D eigenvalue weighted by Gasteiger charge is -2.12. The largest absolute Gasteiger partial charge is 0.384 e. The average molecular weight is 333 g/mol. The van der Waals surface area contributed by atoms with E-state index in [2.05, 4.69) is 15.3 Å². The molecular weight excluding hydrogens is 322 g/mol. The predicted octanol–water partition coefficient (Wildman–Crippen LogP) is 0.760. The van der Waals surface area contributed by atoms with Crippen molar-refractivity contribution >= 4 is 17.6 Å². The minimum absolute atomic E-state index is 0.00552. The number of nitrogens with zero attached hydrogens (tertiary/aromatic N) is 3. The van der Waals surface area contributed by atoms with E-state index in [0.29, 0.717) is 17.1 Å². The molecule has 0 fully saturated rings. The van der Waals surface area contributed by atoms with Crippen LogP contribution in [0.4, 0.5) is 5.82 Å². The molecule has 0 atom stereocenters. The fourth-order valence-corrected chi connectivity index (χ4v) is 2.78. The molecule has 0 aliphatic carbocycles. The lowest BCUT2D eigenvalue weighted by Crippen LogP contribution is -2.24. The molecular formula is C17H11N5O3. The summed E-state index contributed by atoms with van der Waals surface area (Å²) < 4.78 is 1.18. The fourth-order valence-electron chi connectivity index (χ4n) is 2.78. The lowest BCUT2D eigenvalue weighted by atomic mass is 10.1. The van der Waals surface area contributed by atoms with Gasteiger partial charge in [-0.25, -0.2) is 9.97 Å². The highest BCUT2D eigenvalue weighted by atomic mass is 16.2. The molecule has 2 aromatic heterocycles. The molecule has 2 amide bonds. The second-order valence-corrected chi connectivity index (χ2v) is 5.40. The van der Waals surface area contributed by atoms with Crippen molar-refractivity contribution in [3.8, 4) is 17.1 Å². The van der Waals surface area contributed by atoms with Crippen LogP contribution in [0.3, 0.4) is 0 Å². The van der Waals surface area contributed by atoms with Gasteiger partial charge in [-0.3, -0.25) is 24.3 Å². The SMILES string of the molecule is Nc1c2c(cc(=O)n1-c1cccc(-c3ncccn3)c1)C(=O)NC2=O. The number of hydrogen-bond donors (Lipinski definition) is 2. The van der Waals surface area contributed by atoms with Crippen LogP contribution in [0.5, 0.6) is 0 Å². The monoisotopic (exact) mass is 333 g/mol. The van der Waals surface area contributed by atoms with E-state index in [1.54, 1.807) is 42.7 Å². The second-order valence-electron chi connectivity index (χ2n) is 5.40. The molecule has 1 aliphatic rings. The highest BCUT2D eigenvalue weighted by molar-refractivity contribution is 6.23. The molecule has 0 spiro atoms. The zero-order valence-electron chi connectivity index (χ0n) is 12.8. The molecule has 1 aliphatic heterocycles.